The predicted octanol–water partition coefficient (Wildman–Crippen LogP) is 2.32. The molecule has 8 heteroatoms. The van der Waals surface area contributed by atoms with E-state index in [4.69, 9.17) is 0 Å². The molecule has 1 atom stereocenters. The van der Waals surface area contributed by atoms with E-state index in [2.05, 4.69) is 26.2 Å². The Morgan fingerprint density at radius 3 is 2.63 bits per heavy atom. The van der Waals surface area contributed by atoms with Gasteiger partial charge in [0, 0.05) is 11.6 Å². The fraction of sp³-hybridized carbons (Fsp3) is 0.526. The lowest BCUT2D eigenvalue weighted by Crippen LogP contribution is -2.49. The van der Waals surface area contributed by atoms with Crippen LogP contribution in [0.2, 0.25) is 0 Å². The summed E-state index contributed by atoms with van der Waals surface area (Å²) in [5.41, 5.74) is 1.37. The number of rotatable bonds is 6. The SMILES string of the molecule is CC(C)[C@@H](NC(=O)C1CCCCC1)C(=O)Nc1cccc(-n2cnnn2)c1. The third-order valence-corrected chi connectivity index (χ3v) is 4.95. The summed E-state index contributed by atoms with van der Waals surface area (Å²) in [4.78, 5) is 25.4. The molecule has 1 aliphatic carbocycles. The number of aromatic nitrogens is 4. The zero-order valence-corrected chi connectivity index (χ0v) is 15.8. The molecule has 1 aromatic carbocycles. The van der Waals surface area contributed by atoms with Gasteiger partial charge in [-0.1, -0.05) is 39.2 Å². The maximum Gasteiger partial charge on any atom is 0.247 e. The van der Waals surface area contributed by atoms with Crippen molar-refractivity contribution in [2.24, 2.45) is 11.8 Å². The first-order chi connectivity index (χ1) is 13.0. The molecule has 2 amide bonds. The van der Waals surface area contributed by atoms with Gasteiger partial charge in [0.05, 0.1) is 5.69 Å². The second kappa shape index (κ2) is 8.75. The van der Waals surface area contributed by atoms with Gasteiger partial charge in [-0.2, -0.15) is 0 Å². The Hall–Kier alpha value is -2.77. The van der Waals surface area contributed by atoms with E-state index >= 15 is 0 Å². The van der Waals surface area contributed by atoms with Gasteiger partial charge in [0.15, 0.2) is 0 Å². The molecule has 3 rings (SSSR count). The topological polar surface area (TPSA) is 102 Å². The van der Waals surface area contributed by atoms with Crippen LogP contribution in [0.15, 0.2) is 30.6 Å². The van der Waals surface area contributed by atoms with Crippen LogP contribution in [0, 0.1) is 11.8 Å². The molecule has 1 fully saturated rings. The molecule has 0 spiro atoms. The lowest BCUT2D eigenvalue weighted by Gasteiger charge is -2.26. The van der Waals surface area contributed by atoms with Crippen LogP contribution in [-0.4, -0.2) is 38.1 Å². The molecular weight excluding hydrogens is 344 g/mol. The first-order valence-electron chi connectivity index (χ1n) is 9.49. The number of anilines is 1. The summed E-state index contributed by atoms with van der Waals surface area (Å²) in [6.07, 6.45) is 6.66. The molecule has 0 bridgehead atoms. The molecule has 0 saturated heterocycles. The summed E-state index contributed by atoms with van der Waals surface area (Å²) < 4.78 is 1.51. The summed E-state index contributed by atoms with van der Waals surface area (Å²) in [6, 6.07) is 6.67. The number of tetrazole rings is 1. The average molecular weight is 370 g/mol. The van der Waals surface area contributed by atoms with E-state index < -0.39 is 6.04 Å². The van der Waals surface area contributed by atoms with Gasteiger partial charge in [-0.05, 0) is 47.4 Å². The van der Waals surface area contributed by atoms with E-state index in [1.807, 2.05) is 26.0 Å². The Morgan fingerprint density at radius 1 is 1.19 bits per heavy atom. The first kappa shape index (κ1) is 19.0. The second-order valence-corrected chi connectivity index (χ2v) is 7.36. The monoisotopic (exact) mass is 370 g/mol. The fourth-order valence-corrected chi connectivity index (χ4v) is 3.40. The van der Waals surface area contributed by atoms with Crippen molar-refractivity contribution in [3.63, 3.8) is 0 Å². The van der Waals surface area contributed by atoms with Crippen LogP contribution in [0.1, 0.15) is 46.0 Å². The van der Waals surface area contributed by atoms with Crippen molar-refractivity contribution >= 4 is 17.5 Å². The van der Waals surface area contributed by atoms with Gasteiger partial charge < -0.3 is 10.6 Å². The van der Waals surface area contributed by atoms with Crippen LogP contribution in [0.3, 0.4) is 0 Å². The Kier molecular flexibility index (Phi) is 6.16. The van der Waals surface area contributed by atoms with E-state index in [0.717, 1.165) is 31.4 Å². The van der Waals surface area contributed by atoms with Gasteiger partial charge in [-0.25, -0.2) is 4.68 Å². The van der Waals surface area contributed by atoms with Crippen molar-refractivity contribution in [2.45, 2.75) is 52.0 Å². The fourth-order valence-electron chi connectivity index (χ4n) is 3.40. The Labute approximate surface area is 158 Å². The molecule has 8 nitrogen and oxygen atoms in total. The van der Waals surface area contributed by atoms with Crippen LogP contribution >= 0.6 is 0 Å². The Bertz CT molecular complexity index is 768. The largest absolute Gasteiger partial charge is 0.344 e. The van der Waals surface area contributed by atoms with Crippen molar-refractivity contribution in [1.29, 1.82) is 0 Å². The normalized spacial score (nSPS) is 16.1. The molecule has 27 heavy (non-hydrogen) atoms. The van der Waals surface area contributed by atoms with E-state index in [1.54, 1.807) is 12.1 Å². The van der Waals surface area contributed by atoms with Gasteiger partial charge in [-0.3, -0.25) is 9.59 Å². The molecule has 1 aliphatic rings. The summed E-state index contributed by atoms with van der Waals surface area (Å²) in [6.45, 7) is 3.87. The minimum atomic E-state index is -0.573. The van der Waals surface area contributed by atoms with Crippen LogP contribution in [0.4, 0.5) is 5.69 Å². The highest BCUT2D eigenvalue weighted by atomic mass is 16.2. The molecule has 144 valence electrons. The third kappa shape index (κ3) is 4.90. The highest BCUT2D eigenvalue weighted by Gasteiger charge is 2.28. The van der Waals surface area contributed by atoms with Gasteiger partial charge in [0.25, 0.3) is 0 Å². The summed E-state index contributed by atoms with van der Waals surface area (Å²) in [7, 11) is 0. The Morgan fingerprint density at radius 2 is 1.96 bits per heavy atom. The van der Waals surface area contributed by atoms with E-state index in [9.17, 15) is 9.59 Å². The van der Waals surface area contributed by atoms with E-state index in [0.29, 0.717) is 5.69 Å². The minimum Gasteiger partial charge on any atom is -0.344 e. The predicted molar refractivity (Wildman–Crippen MR) is 101 cm³/mol. The number of carbonyl (C=O) groups is 2. The number of hydrogen-bond acceptors (Lipinski definition) is 5. The standard InChI is InChI=1S/C19H26N6O2/c1-13(2)17(22-18(26)14-7-4-3-5-8-14)19(27)21-15-9-6-10-16(11-15)25-12-20-23-24-25/h6,9-14,17H,3-5,7-8H2,1-2H3,(H,21,27)(H,22,26)/t17-/m1/s1. The van der Waals surface area contributed by atoms with Crippen LogP contribution in [-0.2, 0) is 9.59 Å². The maximum atomic E-state index is 12.8. The van der Waals surface area contributed by atoms with Gasteiger partial charge in [0.2, 0.25) is 11.8 Å². The van der Waals surface area contributed by atoms with Crippen LogP contribution in [0.25, 0.3) is 5.69 Å². The molecule has 1 aromatic heterocycles. The highest BCUT2D eigenvalue weighted by Crippen LogP contribution is 2.24. The first-order valence-corrected chi connectivity index (χ1v) is 9.49. The van der Waals surface area contributed by atoms with Gasteiger partial charge in [-0.15, -0.1) is 5.10 Å². The van der Waals surface area contributed by atoms with Crippen molar-refractivity contribution in [1.82, 2.24) is 25.5 Å². The Balaban J connectivity index is 1.66. The van der Waals surface area contributed by atoms with Crippen molar-refractivity contribution in [3.8, 4) is 5.69 Å². The zero-order chi connectivity index (χ0) is 19.2. The van der Waals surface area contributed by atoms with Crippen molar-refractivity contribution < 1.29 is 9.59 Å². The molecule has 0 unspecified atom stereocenters. The summed E-state index contributed by atoms with van der Waals surface area (Å²) in [5.74, 6) is -0.217. The minimum absolute atomic E-state index is 0.00834. The molecule has 1 heterocycles. The quantitative estimate of drug-likeness (QED) is 0.812. The molecule has 2 aromatic rings. The maximum absolute atomic E-state index is 12.8. The van der Waals surface area contributed by atoms with Crippen LogP contribution in [0.5, 0.6) is 0 Å². The zero-order valence-electron chi connectivity index (χ0n) is 15.8. The molecule has 1 saturated carbocycles. The smallest absolute Gasteiger partial charge is 0.247 e. The molecule has 0 aliphatic heterocycles. The lowest BCUT2D eigenvalue weighted by atomic mass is 9.88. The number of carbonyl (C=O) groups excluding carboxylic acids is 2. The summed E-state index contributed by atoms with van der Waals surface area (Å²) in [5, 5.41) is 16.9. The average Bonchev–Trinajstić information content (AvgIpc) is 3.21. The number of nitrogens with one attached hydrogen (secondary N) is 2. The number of benzene rings is 1. The lowest BCUT2D eigenvalue weighted by molar-refractivity contribution is -0.130. The number of amides is 2. The molecule has 2 N–H and O–H groups in total. The van der Waals surface area contributed by atoms with E-state index in [1.165, 1.54) is 17.4 Å². The molecule has 0 radical (unpaired) electrons. The van der Waals surface area contributed by atoms with Crippen molar-refractivity contribution in [2.75, 3.05) is 5.32 Å². The molecular formula is C19H26N6O2. The number of nitrogens with zero attached hydrogens (tertiary/aromatic N) is 4. The number of hydrogen-bond donors (Lipinski definition) is 2. The highest BCUT2D eigenvalue weighted by molar-refractivity contribution is 5.97. The van der Waals surface area contributed by atoms with Crippen molar-refractivity contribution in [3.05, 3.63) is 30.6 Å². The third-order valence-electron chi connectivity index (χ3n) is 4.95. The van der Waals surface area contributed by atoms with Gasteiger partial charge in [0.1, 0.15) is 12.4 Å². The van der Waals surface area contributed by atoms with Gasteiger partial charge >= 0.3 is 0 Å². The summed E-state index contributed by atoms with van der Waals surface area (Å²) >= 11 is 0. The second-order valence-electron chi connectivity index (χ2n) is 7.36. The van der Waals surface area contributed by atoms with E-state index in [-0.39, 0.29) is 23.7 Å². The van der Waals surface area contributed by atoms with Crippen LogP contribution < -0.4 is 10.6 Å².